The van der Waals surface area contributed by atoms with E-state index in [0.29, 0.717) is 13.2 Å². The summed E-state index contributed by atoms with van der Waals surface area (Å²) in [6, 6.07) is 8.46. The summed E-state index contributed by atoms with van der Waals surface area (Å²) in [6.07, 6.45) is 0. The van der Waals surface area contributed by atoms with Crippen LogP contribution < -0.4 is 5.32 Å². The fourth-order valence-electron chi connectivity index (χ4n) is 1.25. The fraction of sp³-hybridized carbons (Fsp3) is 0.500. The lowest BCUT2D eigenvalue weighted by atomic mass is 10.1. The van der Waals surface area contributed by atoms with Crippen LogP contribution >= 0.6 is 0 Å². The number of hydrogen-bond donors (Lipinski definition) is 2. The van der Waals surface area contributed by atoms with Crippen LogP contribution in [0.5, 0.6) is 0 Å². The molecule has 0 fully saturated rings. The summed E-state index contributed by atoms with van der Waals surface area (Å²) in [5.41, 5.74) is 2.56. The van der Waals surface area contributed by atoms with Gasteiger partial charge < -0.3 is 15.2 Å². The largest absolute Gasteiger partial charge is 0.394 e. The van der Waals surface area contributed by atoms with E-state index in [1.165, 1.54) is 11.1 Å². The summed E-state index contributed by atoms with van der Waals surface area (Å²) in [7, 11) is 0. The fourth-order valence-corrected chi connectivity index (χ4v) is 1.25. The van der Waals surface area contributed by atoms with Gasteiger partial charge in [-0.05, 0) is 12.5 Å². The van der Waals surface area contributed by atoms with E-state index in [0.717, 1.165) is 13.1 Å². The highest BCUT2D eigenvalue weighted by molar-refractivity contribution is 5.20. The molecule has 0 radical (unpaired) electrons. The van der Waals surface area contributed by atoms with Crippen molar-refractivity contribution in [1.82, 2.24) is 5.32 Å². The van der Waals surface area contributed by atoms with Crippen molar-refractivity contribution < 1.29 is 9.84 Å². The molecule has 0 bridgehead atoms. The van der Waals surface area contributed by atoms with Crippen molar-refractivity contribution in [1.29, 1.82) is 0 Å². The maximum Gasteiger partial charge on any atom is 0.0698 e. The topological polar surface area (TPSA) is 41.5 Å². The van der Waals surface area contributed by atoms with Crippen molar-refractivity contribution in [2.24, 2.45) is 0 Å². The number of aryl methyl sites for hydroxylation is 1. The zero-order chi connectivity index (χ0) is 10.9. The van der Waals surface area contributed by atoms with Crippen LogP contribution in [0.1, 0.15) is 11.1 Å². The van der Waals surface area contributed by atoms with Gasteiger partial charge in [-0.2, -0.15) is 0 Å². The second-order valence-electron chi connectivity index (χ2n) is 3.50. The summed E-state index contributed by atoms with van der Waals surface area (Å²) < 4.78 is 5.13. The van der Waals surface area contributed by atoms with E-state index >= 15 is 0 Å². The Balaban J connectivity index is 2.07. The van der Waals surface area contributed by atoms with Crippen LogP contribution in [0.25, 0.3) is 0 Å². The summed E-state index contributed by atoms with van der Waals surface area (Å²) >= 11 is 0. The SMILES string of the molecule is Cc1ccc(CNCCOCCO)cc1. The Morgan fingerprint density at radius 2 is 1.93 bits per heavy atom. The molecule has 15 heavy (non-hydrogen) atoms. The number of rotatable bonds is 7. The van der Waals surface area contributed by atoms with E-state index in [4.69, 9.17) is 9.84 Å². The van der Waals surface area contributed by atoms with Crippen molar-refractivity contribution in [3.63, 3.8) is 0 Å². The van der Waals surface area contributed by atoms with Crippen molar-refractivity contribution in [2.45, 2.75) is 13.5 Å². The van der Waals surface area contributed by atoms with Crippen LogP contribution in [0, 0.1) is 6.92 Å². The Kier molecular flexibility index (Phi) is 6.00. The van der Waals surface area contributed by atoms with Gasteiger partial charge in [-0.15, -0.1) is 0 Å². The highest BCUT2D eigenvalue weighted by atomic mass is 16.5. The number of aliphatic hydroxyl groups is 1. The minimum atomic E-state index is 0.0952. The number of benzene rings is 1. The van der Waals surface area contributed by atoms with Gasteiger partial charge in [0.05, 0.1) is 19.8 Å². The van der Waals surface area contributed by atoms with Crippen LogP contribution in [0.2, 0.25) is 0 Å². The lowest BCUT2D eigenvalue weighted by Crippen LogP contribution is -2.19. The minimum Gasteiger partial charge on any atom is -0.394 e. The molecule has 1 aromatic carbocycles. The van der Waals surface area contributed by atoms with Crippen LogP contribution in [0.3, 0.4) is 0 Å². The monoisotopic (exact) mass is 209 g/mol. The van der Waals surface area contributed by atoms with E-state index in [1.54, 1.807) is 0 Å². The third kappa shape index (κ3) is 5.52. The number of ether oxygens (including phenoxy) is 1. The van der Waals surface area contributed by atoms with E-state index in [-0.39, 0.29) is 6.61 Å². The third-order valence-electron chi connectivity index (χ3n) is 2.11. The Hall–Kier alpha value is -0.900. The lowest BCUT2D eigenvalue weighted by molar-refractivity contribution is 0.0938. The molecule has 0 atom stereocenters. The molecule has 0 aromatic heterocycles. The molecule has 3 heteroatoms. The van der Waals surface area contributed by atoms with Crippen molar-refractivity contribution in [2.75, 3.05) is 26.4 Å². The van der Waals surface area contributed by atoms with Gasteiger partial charge in [0.1, 0.15) is 0 Å². The molecule has 84 valence electrons. The van der Waals surface area contributed by atoms with Gasteiger partial charge in [-0.3, -0.25) is 0 Å². The molecule has 0 unspecified atom stereocenters. The summed E-state index contributed by atoms with van der Waals surface area (Å²) in [4.78, 5) is 0. The van der Waals surface area contributed by atoms with Crippen molar-refractivity contribution >= 4 is 0 Å². The maximum atomic E-state index is 8.48. The van der Waals surface area contributed by atoms with Crippen LogP contribution in [-0.2, 0) is 11.3 Å². The highest BCUT2D eigenvalue weighted by Crippen LogP contribution is 2.01. The smallest absolute Gasteiger partial charge is 0.0698 e. The zero-order valence-electron chi connectivity index (χ0n) is 9.20. The van der Waals surface area contributed by atoms with Gasteiger partial charge >= 0.3 is 0 Å². The van der Waals surface area contributed by atoms with Gasteiger partial charge in [0.2, 0.25) is 0 Å². The first-order chi connectivity index (χ1) is 7.33. The average Bonchev–Trinajstić information content (AvgIpc) is 2.26. The molecule has 0 amide bonds. The number of nitrogens with one attached hydrogen (secondary N) is 1. The molecule has 2 N–H and O–H groups in total. The average molecular weight is 209 g/mol. The van der Waals surface area contributed by atoms with E-state index in [2.05, 4.69) is 36.5 Å². The van der Waals surface area contributed by atoms with Crippen molar-refractivity contribution in [3.05, 3.63) is 35.4 Å². The lowest BCUT2D eigenvalue weighted by Gasteiger charge is -2.05. The molecule has 0 saturated heterocycles. The second-order valence-corrected chi connectivity index (χ2v) is 3.50. The Morgan fingerprint density at radius 3 is 2.60 bits per heavy atom. The summed E-state index contributed by atoms with van der Waals surface area (Å²) in [6.45, 7) is 4.92. The molecule has 0 spiro atoms. The maximum absolute atomic E-state index is 8.48. The Morgan fingerprint density at radius 1 is 1.20 bits per heavy atom. The molecule has 0 aliphatic rings. The first-order valence-corrected chi connectivity index (χ1v) is 5.28. The van der Waals surface area contributed by atoms with Crippen LogP contribution in [0.15, 0.2) is 24.3 Å². The zero-order valence-corrected chi connectivity index (χ0v) is 9.20. The molecule has 0 aliphatic heterocycles. The van der Waals surface area contributed by atoms with E-state index < -0.39 is 0 Å². The van der Waals surface area contributed by atoms with E-state index in [1.807, 2.05) is 0 Å². The molecular formula is C12H19NO2. The van der Waals surface area contributed by atoms with Crippen LogP contribution in [0.4, 0.5) is 0 Å². The predicted octanol–water partition coefficient (Wildman–Crippen LogP) is 1.09. The molecule has 0 heterocycles. The Bertz CT molecular complexity index is 259. The van der Waals surface area contributed by atoms with Gasteiger partial charge in [0.15, 0.2) is 0 Å². The summed E-state index contributed by atoms with van der Waals surface area (Å²) in [5.74, 6) is 0. The predicted molar refractivity (Wildman–Crippen MR) is 60.8 cm³/mol. The number of hydrogen-bond acceptors (Lipinski definition) is 3. The minimum absolute atomic E-state index is 0.0952. The van der Waals surface area contributed by atoms with E-state index in [9.17, 15) is 0 Å². The van der Waals surface area contributed by atoms with Gasteiger partial charge in [0.25, 0.3) is 0 Å². The molecule has 3 nitrogen and oxygen atoms in total. The molecule has 0 saturated carbocycles. The summed E-state index contributed by atoms with van der Waals surface area (Å²) in [5, 5.41) is 11.8. The second kappa shape index (κ2) is 7.40. The quantitative estimate of drug-likeness (QED) is 0.661. The first-order valence-electron chi connectivity index (χ1n) is 5.28. The molecular weight excluding hydrogens is 190 g/mol. The number of aliphatic hydroxyl groups excluding tert-OH is 1. The van der Waals surface area contributed by atoms with Gasteiger partial charge in [-0.1, -0.05) is 29.8 Å². The molecule has 1 rings (SSSR count). The standard InChI is InChI=1S/C12H19NO2/c1-11-2-4-12(5-3-11)10-13-6-8-15-9-7-14/h2-5,13-14H,6-10H2,1H3. The van der Waals surface area contributed by atoms with Crippen molar-refractivity contribution in [3.8, 4) is 0 Å². The normalized spacial score (nSPS) is 10.5. The van der Waals surface area contributed by atoms with Crippen LogP contribution in [-0.4, -0.2) is 31.5 Å². The first kappa shape index (κ1) is 12.2. The van der Waals surface area contributed by atoms with Gasteiger partial charge in [-0.25, -0.2) is 0 Å². The molecule has 1 aromatic rings. The third-order valence-corrected chi connectivity index (χ3v) is 2.11. The van der Waals surface area contributed by atoms with Gasteiger partial charge in [0, 0.05) is 13.1 Å². The highest BCUT2D eigenvalue weighted by Gasteiger charge is 1.92. The molecule has 0 aliphatic carbocycles. The Labute approximate surface area is 91.1 Å².